The van der Waals surface area contributed by atoms with Gasteiger partial charge < -0.3 is 19.7 Å². The summed E-state index contributed by atoms with van der Waals surface area (Å²) in [5.41, 5.74) is 2.11. The van der Waals surface area contributed by atoms with Crippen LogP contribution in [0.25, 0.3) is 0 Å². The molecule has 1 aliphatic carbocycles. The van der Waals surface area contributed by atoms with Crippen LogP contribution in [0, 0.1) is 0 Å². The summed E-state index contributed by atoms with van der Waals surface area (Å²) in [5, 5.41) is 3.15. The third-order valence-electron chi connectivity index (χ3n) is 6.30. The Kier molecular flexibility index (Phi) is 9.16. The van der Waals surface area contributed by atoms with Gasteiger partial charge in [-0.2, -0.15) is 0 Å². The van der Waals surface area contributed by atoms with Crippen LogP contribution >= 0.6 is 0 Å². The van der Waals surface area contributed by atoms with Gasteiger partial charge in [0.1, 0.15) is 17.5 Å². The molecule has 0 unspecified atom stereocenters. The summed E-state index contributed by atoms with van der Waals surface area (Å²) in [6, 6.07) is 14.9. The second-order valence-corrected chi connectivity index (χ2v) is 8.68. The van der Waals surface area contributed by atoms with E-state index in [-0.39, 0.29) is 24.5 Å². The number of methoxy groups -OCH3 is 1. The zero-order chi connectivity index (χ0) is 23.6. The van der Waals surface area contributed by atoms with Crippen molar-refractivity contribution in [2.24, 2.45) is 0 Å². The van der Waals surface area contributed by atoms with Crippen LogP contribution in [0.4, 0.5) is 0 Å². The lowest BCUT2D eigenvalue weighted by atomic mass is 9.95. The molecule has 2 aromatic rings. The highest BCUT2D eigenvalue weighted by Crippen LogP contribution is 2.20. The van der Waals surface area contributed by atoms with Crippen LogP contribution in [0.1, 0.15) is 57.1 Å². The van der Waals surface area contributed by atoms with Crippen molar-refractivity contribution in [3.05, 3.63) is 59.7 Å². The van der Waals surface area contributed by atoms with E-state index in [1.165, 1.54) is 12.0 Å². The average molecular weight is 453 g/mol. The van der Waals surface area contributed by atoms with E-state index in [2.05, 4.69) is 12.2 Å². The van der Waals surface area contributed by atoms with E-state index in [1.54, 1.807) is 18.9 Å². The smallest absolute Gasteiger partial charge is 0.261 e. The van der Waals surface area contributed by atoms with Gasteiger partial charge in [0.15, 0.2) is 6.61 Å². The summed E-state index contributed by atoms with van der Waals surface area (Å²) < 4.78 is 11.1. The molecule has 2 aromatic carbocycles. The van der Waals surface area contributed by atoms with E-state index in [4.69, 9.17) is 9.47 Å². The molecule has 1 saturated carbocycles. The molecule has 0 saturated heterocycles. The average Bonchev–Trinajstić information content (AvgIpc) is 2.86. The first-order chi connectivity index (χ1) is 16.0. The fourth-order valence-electron chi connectivity index (χ4n) is 4.17. The van der Waals surface area contributed by atoms with Gasteiger partial charge in [0.05, 0.1) is 7.11 Å². The highest BCUT2D eigenvalue weighted by atomic mass is 16.5. The predicted octanol–water partition coefficient (Wildman–Crippen LogP) is 4.50. The molecular weight excluding hydrogens is 416 g/mol. The highest BCUT2D eigenvalue weighted by molar-refractivity contribution is 5.88. The molecule has 0 aliphatic heterocycles. The van der Waals surface area contributed by atoms with Gasteiger partial charge in [-0.05, 0) is 61.6 Å². The summed E-state index contributed by atoms with van der Waals surface area (Å²) in [7, 11) is 1.61. The number of rotatable bonds is 10. The SMILES string of the molecule is CCc1ccc(OCC(=O)N(Cc2cccc(OC)c2)[C@@H](C)C(=O)NC2CCCCC2)cc1. The fraction of sp³-hybridized carbons (Fsp3) is 0.481. The van der Waals surface area contributed by atoms with Gasteiger partial charge in [0.25, 0.3) is 5.91 Å². The van der Waals surface area contributed by atoms with Crippen molar-refractivity contribution in [3.8, 4) is 11.5 Å². The van der Waals surface area contributed by atoms with Crippen molar-refractivity contribution in [1.82, 2.24) is 10.2 Å². The van der Waals surface area contributed by atoms with Gasteiger partial charge in [0.2, 0.25) is 5.91 Å². The molecule has 0 aromatic heterocycles. The fourth-order valence-corrected chi connectivity index (χ4v) is 4.17. The second kappa shape index (κ2) is 12.3. The van der Waals surface area contributed by atoms with E-state index in [1.807, 2.05) is 48.5 Å². The Labute approximate surface area is 197 Å². The molecule has 1 N–H and O–H groups in total. The maximum absolute atomic E-state index is 13.2. The van der Waals surface area contributed by atoms with Crippen LogP contribution < -0.4 is 14.8 Å². The topological polar surface area (TPSA) is 67.9 Å². The highest BCUT2D eigenvalue weighted by Gasteiger charge is 2.28. The van der Waals surface area contributed by atoms with Crippen LogP contribution in [0.5, 0.6) is 11.5 Å². The summed E-state index contributed by atoms with van der Waals surface area (Å²) in [5.74, 6) is 1.00. The number of nitrogens with one attached hydrogen (secondary N) is 1. The minimum absolute atomic E-state index is 0.120. The number of carbonyl (C=O) groups excluding carboxylic acids is 2. The number of carbonyl (C=O) groups is 2. The molecule has 6 nitrogen and oxygen atoms in total. The zero-order valence-electron chi connectivity index (χ0n) is 20.0. The molecule has 2 amide bonds. The van der Waals surface area contributed by atoms with Crippen molar-refractivity contribution in [2.45, 2.75) is 71.0 Å². The quantitative estimate of drug-likeness (QED) is 0.576. The molecule has 0 bridgehead atoms. The largest absolute Gasteiger partial charge is 0.497 e. The van der Waals surface area contributed by atoms with Crippen molar-refractivity contribution in [1.29, 1.82) is 0 Å². The van der Waals surface area contributed by atoms with Gasteiger partial charge >= 0.3 is 0 Å². The molecule has 1 aliphatic rings. The Hall–Kier alpha value is -3.02. The Morgan fingerprint density at radius 1 is 1.03 bits per heavy atom. The number of hydrogen-bond donors (Lipinski definition) is 1. The molecule has 0 radical (unpaired) electrons. The molecule has 0 heterocycles. The standard InChI is InChI=1S/C27H36N2O4/c1-4-21-13-15-24(16-14-21)33-19-26(30)29(18-22-9-8-12-25(17-22)32-3)20(2)27(31)28-23-10-6-5-7-11-23/h8-9,12-17,20,23H,4-7,10-11,18-19H2,1-3H3,(H,28,31)/t20-/m0/s1. The van der Waals surface area contributed by atoms with Crippen LogP contribution in [-0.4, -0.2) is 42.5 Å². The summed E-state index contributed by atoms with van der Waals surface area (Å²) in [4.78, 5) is 27.9. The molecule has 33 heavy (non-hydrogen) atoms. The number of benzene rings is 2. The van der Waals surface area contributed by atoms with Crippen molar-refractivity contribution in [2.75, 3.05) is 13.7 Å². The second-order valence-electron chi connectivity index (χ2n) is 8.68. The van der Waals surface area contributed by atoms with E-state index >= 15 is 0 Å². The van der Waals surface area contributed by atoms with Crippen LogP contribution in [0.3, 0.4) is 0 Å². The first-order valence-corrected chi connectivity index (χ1v) is 11.9. The van der Waals surface area contributed by atoms with Crippen molar-refractivity contribution in [3.63, 3.8) is 0 Å². The minimum Gasteiger partial charge on any atom is -0.497 e. The number of ether oxygens (including phenoxy) is 2. The van der Waals surface area contributed by atoms with Gasteiger partial charge in [-0.1, -0.05) is 50.5 Å². The van der Waals surface area contributed by atoms with E-state index in [9.17, 15) is 9.59 Å². The van der Waals surface area contributed by atoms with Crippen molar-refractivity contribution < 1.29 is 19.1 Å². The van der Waals surface area contributed by atoms with Crippen LogP contribution in [-0.2, 0) is 22.6 Å². The first-order valence-electron chi connectivity index (χ1n) is 11.9. The van der Waals surface area contributed by atoms with Crippen molar-refractivity contribution >= 4 is 11.8 Å². The monoisotopic (exact) mass is 452 g/mol. The minimum atomic E-state index is -0.614. The lowest BCUT2D eigenvalue weighted by Gasteiger charge is -2.31. The number of amides is 2. The lowest BCUT2D eigenvalue weighted by Crippen LogP contribution is -2.51. The third kappa shape index (κ3) is 7.24. The van der Waals surface area contributed by atoms with Gasteiger partial charge in [0, 0.05) is 12.6 Å². The van der Waals surface area contributed by atoms with Gasteiger partial charge in [-0.15, -0.1) is 0 Å². The van der Waals surface area contributed by atoms with E-state index in [0.717, 1.165) is 37.7 Å². The molecule has 6 heteroatoms. The Balaban J connectivity index is 1.70. The summed E-state index contributed by atoms with van der Waals surface area (Å²) in [6.45, 7) is 4.05. The molecular formula is C27H36N2O4. The lowest BCUT2D eigenvalue weighted by molar-refractivity contribution is -0.142. The Bertz CT molecular complexity index is 907. The van der Waals surface area contributed by atoms with Crippen LogP contribution in [0.2, 0.25) is 0 Å². The predicted molar refractivity (Wildman–Crippen MR) is 129 cm³/mol. The van der Waals surface area contributed by atoms with Gasteiger partial charge in [-0.25, -0.2) is 0 Å². The zero-order valence-corrected chi connectivity index (χ0v) is 20.0. The Morgan fingerprint density at radius 3 is 2.42 bits per heavy atom. The van der Waals surface area contributed by atoms with Gasteiger partial charge in [-0.3, -0.25) is 9.59 Å². The Morgan fingerprint density at radius 2 is 1.76 bits per heavy atom. The number of hydrogen-bond acceptors (Lipinski definition) is 4. The van der Waals surface area contributed by atoms with Crippen LogP contribution in [0.15, 0.2) is 48.5 Å². The molecule has 178 valence electrons. The molecule has 1 atom stereocenters. The summed E-state index contributed by atoms with van der Waals surface area (Å²) in [6.07, 6.45) is 6.44. The maximum atomic E-state index is 13.2. The maximum Gasteiger partial charge on any atom is 0.261 e. The molecule has 3 rings (SSSR count). The summed E-state index contributed by atoms with van der Waals surface area (Å²) >= 11 is 0. The number of aryl methyl sites for hydroxylation is 1. The number of nitrogens with zero attached hydrogens (tertiary/aromatic N) is 1. The van der Waals surface area contributed by atoms with E-state index in [0.29, 0.717) is 18.0 Å². The molecule has 1 fully saturated rings. The molecule has 0 spiro atoms. The third-order valence-corrected chi connectivity index (χ3v) is 6.30. The van der Waals surface area contributed by atoms with E-state index < -0.39 is 6.04 Å². The normalized spacial score (nSPS) is 14.9. The first kappa shape index (κ1) is 24.6.